The van der Waals surface area contributed by atoms with Crippen LogP contribution >= 0.6 is 0 Å². The van der Waals surface area contributed by atoms with Crippen molar-refractivity contribution in [2.75, 3.05) is 18.4 Å². The summed E-state index contributed by atoms with van der Waals surface area (Å²) in [4.78, 5) is 18.1. The number of nitrogens with zero attached hydrogens (tertiary/aromatic N) is 2. The lowest BCUT2D eigenvalue weighted by Gasteiger charge is -2.25. The van der Waals surface area contributed by atoms with E-state index in [1.807, 2.05) is 33.8 Å². The van der Waals surface area contributed by atoms with Gasteiger partial charge in [-0.15, -0.1) is 0 Å². The van der Waals surface area contributed by atoms with Crippen LogP contribution in [0.1, 0.15) is 47.0 Å². The van der Waals surface area contributed by atoms with Crippen molar-refractivity contribution in [3.05, 3.63) is 30.0 Å². The van der Waals surface area contributed by atoms with Gasteiger partial charge in [-0.2, -0.15) is 0 Å². The summed E-state index contributed by atoms with van der Waals surface area (Å²) in [5.74, 6) is 0.730. The van der Waals surface area contributed by atoms with Crippen LogP contribution in [0.3, 0.4) is 0 Å². The van der Waals surface area contributed by atoms with Crippen molar-refractivity contribution in [2.24, 2.45) is 16.8 Å². The number of nitrogens with two attached hydrogens (primary N) is 2. The molecule has 1 aliphatic rings. The van der Waals surface area contributed by atoms with Gasteiger partial charge in [0.05, 0.1) is 6.04 Å². The van der Waals surface area contributed by atoms with Crippen LogP contribution in [0.15, 0.2) is 35.0 Å². The summed E-state index contributed by atoms with van der Waals surface area (Å²) < 4.78 is 28.5. The molecule has 9 nitrogen and oxygen atoms in total. The van der Waals surface area contributed by atoms with Gasteiger partial charge in [-0.1, -0.05) is 12.1 Å². The van der Waals surface area contributed by atoms with Gasteiger partial charge in [-0.05, 0) is 65.0 Å². The first-order chi connectivity index (χ1) is 13.9. The standard InChI is InChI=1S/C20H33N5O4S/c1-5-15(21)16(23-17-7-6-8-18(24-17)30(22,27)28)10-9-14-11-12-25(13-14)19(26)29-20(2,3)4/h5-8,14,16H,9-13,21H2,1-4H3,(H,23,24)(H2,22,27,28)/b15-5-/t14-,16?/m0/s1. The monoisotopic (exact) mass is 439 g/mol. The van der Waals surface area contributed by atoms with E-state index in [4.69, 9.17) is 15.6 Å². The molecular weight excluding hydrogens is 406 g/mol. The number of primary sulfonamides is 1. The lowest BCUT2D eigenvalue weighted by Crippen LogP contribution is -2.35. The summed E-state index contributed by atoms with van der Waals surface area (Å²) in [6, 6.07) is 4.38. The van der Waals surface area contributed by atoms with Crippen molar-refractivity contribution < 1.29 is 17.9 Å². The van der Waals surface area contributed by atoms with E-state index in [1.165, 1.54) is 6.07 Å². The first kappa shape index (κ1) is 23.9. The molecule has 1 fully saturated rings. The fraction of sp³-hybridized carbons (Fsp3) is 0.600. The Morgan fingerprint density at radius 2 is 2.13 bits per heavy atom. The highest BCUT2D eigenvalue weighted by Gasteiger charge is 2.30. The number of likely N-dealkylation sites (tertiary alicyclic amines) is 1. The minimum Gasteiger partial charge on any atom is -0.444 e. The third-order valence-corrected chi connectivity index (χ3v) is 5.68. The number of amides is 1. The fourth-order valence-corrected chi connectivity index (χ4v) is 3.81. The molecule has 0 bridgehead atoms. The molecule has 1 aromatic rings. The van der Waals surface area contributed by atoms with E-state index < -0.39 is 15.6 Å². The second-order valence-corrected chi connectivity index (χ2v) is 10.1. The van der Waals surface area contributed by atoms with Gasteiger partial charge in [0.1, 0.15) is 11.4 Å². The highest BCUT2D eigenvalue weighted by Crippen LogP contribution is 2.25. The number of nitrogens with one attached hydrogen (secondary N) is 1. The second-order valence-electron chi connectivity index (χ2n) is 8.55. The zero-order chi connectivity index (χ0) is 22.5. The first-order valence-electron chi connectivity index (χ1n) is 10.0. The van der Waals surface area contributed by atoms with Gasteiger partial charge in [0, 0.05) is 18.8 Å². The lowest BCUT2D eigenvalue weighted by atomic mass is 9.97. The van der Waals surface area contributed by atoms with Gasteiger partial charge >= 0.3 is 6.09 Å². The van der Waals surface area contributed by atoms with Gasteiger partial charge in [-0.25, -0.2) is 23.3 Å². The average molecular weight is 440 g/mol. The molecule has 2 atom stereocenters. The maximum Gasteiger partial charge on any atom is 0.410 e. The molecule has 2 heterocycles. The maximum atomic E-state index is 12.2. The summed E-state index contributed by atoms with van der Waals surface area (Å²) in [5, 5.41) is 8.16. The zero-order valence-corrected chi connectivity index (χ0v) is 18.9. The van der Waals surface area contributed by atoms with Crippen molar-refractivity contribution in [2.45, 2.75) is 63.6 Å². The number of allylic oxidation sites excluding steroid dienone is 1. The molecule has 1 amide bonds. The van der Waals surface area contributed by atoms with Gasteiger partial charge in [-0.3, -0.25) is 0 Å². The van der Waals surface area contributed by atoms with E-state index in [1.54, 1.807) is 17.0 Å². The van der Waals surface area contributed by atoms with Gasteiger partial charge in [0.15, 0.2) is 5.03 Å². The predicted octanol–water partition coefficient (Wildman–Crippen LogP) is 2.41. The number of ether oxygens (including phenoxy) is 1. The molecule has 1 aromatic heterocycles. The van der Waals surface area contributed by atoms with E-state index in [0.29, 0.717) is 36.9 Å². The molecule has 1 saturated heterocycles. The second kappa shape index (κ2) is 9.65. The largest absolute Gasteiger partial charge is 0.444 e. The molecule has 1 unspecified atom stereocenters. The Morgan fingerprint density at radius 1 is 1.43 bits per heavy atom. The molecular formula is C20H33N5O4S. The number of hydrogen-bond acceptors (Lipinski definition) is 7. The SMILES string of the molecule is C/C=C(\N)C(CC[C@H]1CCN(C(=O)OC(C)(C)C)C1)Nc1cccc(S(N)(=O)=O)n1. The van der Waals surface area contributed by atoms with Crippen LogP contribution in [0.5, 0.6) is 0 Å². The van der Waals surface area contributed by atoms with Crippen LogP contribution in [0.25, 0.3) is 0 Å². The summed E-state index contributed by atoms with van der Waals surface area (Å²) in [5.41, 5.74) is 6.29. The number of carbonyl (C=O) groups excluding carboxylic acids is 1. The Labute approximate surface area is 178 Å². The van der Waals surface area contributed by atoms with Crippen molar-refractivity contribution in [1.29, 1.82) is 0 Å². The summed E-state index contributed by atoms with van der Waals surface area (Å²) in [7, 11) is -3.89. The maximum absolute atomic E-state index is 12.2. The molecule has 0 aliphatic carbocycles. The van der Waals surface area contributed by atoms with Crippen LogP contribution < -0.4 is 16.2 Å². The van der Waals surface area contributed by atoms with Gasteiger partial charge in [0.25, 0.3) is 10.0 Å². The number of aromatic nitrogens is 1. The van der Waals surface area contributed by atoms with Crippen LogP contribution in [0.2, 0.25) is 0 Å². The van der Waals surface area contributed by atoms with Gasteiger partial charge < -0.3 is 20.7 Å². The third-order valence-electron chi connectivity index (χ3n) is 4.87. The number of sulfonamides is 1. The van der Waals surface area contributed by atoms with E-state index in [9.17, 15) is 13.2 Å². The minimum absolute atomic E-state index is 0.200. The van der Waals surface area contributed by atoms with Crippen molar-refractivity contribution in [1.82, 2.24) is 9.88 Å². The number of hydrogen-bond donors (Lipinski definition) is 3. The molecule has 10 heteroatoms. The van der Waals surface area contributed by atoms with Gasteiger partial charge in [0.2, 0.25) is 0 Å². The van der Waals surface area contributed by atoms with Crippen molar-refractivity contribution in [3.63, 3.8) is 0 Å². The molecule has 1 aliphatic heterocycles. The van der Waals surface area contributed by atoms with Crippen LogP contribution in [-0.4, -0.2) is 49.1 Å². The normalized spacial score (nSPS) is 18.9. The Balaban J connectivity index is 1.98. The zero-order valence-electron chi connectivity index (χ0n) is 18.1. The minimum atomic E-state index is -3.89. The molecule has 5 N–H and O–H groups in total. The quantitative estimate of drug-likeness (QED) is 0.592. The number of carbonyl (C=O) groups is 1. The number of rotatable bonds is 7. The summed E-state index contributed by atoms with van der Waals surface area (Å²) in [6.07, 6.45) is 3.99. The predicted molar refractivity (Wildman–Crippen MR) is 116 cm³/mol. The molecule has 0 spiro atoms. The highest BCUT2D eigenvalue weighted by atomic mass is 32.2. The Bertz CT molecular complexity index is 879. The Morgan fingerprint density at radius 3 is 2.73 bits per heavy atom. The molecule has 0 saturated carbocycles. The van der Waals surface area contributed by atoms with Crippen molar-refractivity contribution in [3.8, 4) is 0 Å². The number of pyridine rings is 1. The lowest BCUT2D eigenvalue weighted by molar-refractivity contribution is 0.0287. The number of anilines is 1. The summed E-state index contributed by atoms with van der Waals surface area (Å²) >= 11 is 0. The van der Waals surface area contributed by atoms with E-state index >= 15 is 0 Å². The van der Waals surface area contributed by atoms with E-state index in [2.05, 4.69) is 10.3 Å². The summed E-state index contributed by atoms with van der Waals surface area (Å²) in [6.45, 7) is 8.73. The fourth-order valence-electron chi connectivity index (χ4n) is 3.32. The molecule has 168 valence electrons. The smallest absolute Gasteiger partial charge is 0.410 e. The van der Waals surface area contributed by atoms with Crippen LogP contribution in [0.4, 0.5) is 10.6 Å². The van der Waals surface area contributed by atoms with E-state index in [0.717, 1.165) is 12.8 Å². The topological polar surface area (TPSA) is 141 Å². The molecule has 2 rings (SSSR count). The van der Waals surface area contributed by atoms with Crippen LogP contribution in [-0.2, 0) is 14.8 Å². The first-order valence-corrected chi connectivity index (χ1v) is 11.6. The molecule has 0 radical (unpaired) electrons. The molecule has 30 heavy (non-hydrogen) atoms. The van der Waals surface area contributed by atoms with E-state index in [-0.39, 0.29) is 17.2 Å². The van der Waals surface area contributed by atoms with Crippen LogP contribution in [0, 0.1) is 5.92 Å². The Kier molecular flexibility index (Phi) is 7.70. The third kappa shape index (κ3) is 7.17. The highest BCUT2D eigenvalue weighted by molar-refractivity contribution is 7.89. The Hall–Kier alpha value is -2.33. The molecule has 0 aromatic carbocycles. The van der Waals surface area contributed by atoms with Crippen molar-refractivity contribution >= 4 is 21.9 Å². The average Bonchev–Trinajstić information content (AvgIpc) is 3.12.